The zero-order valence-corrected chi connectivity index (χ0v) is 16.6. The van der Waals surface area contributed by atoms with Gasteiger partial charge in [0.2, 0.25) is 5.91 Å². The molecule has 3 rings (SSSR count). The molecule has 1 aromatic rings. The third-order valence-electron chi connectivity index (χ3n) is 6.24. The quantitative estimate of drug-likeness (QED) is 0.616. The smallest absolute Gasteiger partial charge is 0.323 e. The van der Waals surface area contributed by atoms with Gasteiger partial charge in [0.05, 0.1) is 6.04 Å². The van der Waals surface area contributed by atoms with Crippen LogP contribution < -0.4 is 5.32 Å². The van der Waals surface area contributed by atoms with E-state index in [1.54, 1.807) is 0 Å². The highest BCUT2D eigenvalue weighted by Gasteiger charge is 2.40. The number of carboxylic acids is 2. The SMILES string of the molecule is O=C(O)CN1C(=O)[C@@H](N[C@@H](CCc2ccccc2)C(=O)O)CCCC2CCC[C@@H]21. The minimum atomic E-state index is -1.03. The fraction of sp³-hybridized carbons (Fsp3) is 0.591. The number of amides is 1. The van der Waals surface area contributed by atoms with E-state index in [9.17, 15) is 24.6 Å². The first-order valence-electron chi connectivity index (χ1n) is 10.5. The standard InChI is InChI=1S/C22H30N2O5/c25-20(26)14-24-19-11-5-9-16(19)8-4-10-17(21(24)27)23-18(22(28)29)13-12-15-6-2-1-3-7-15/h1-3,6-7,16-19,23H,4-5,8-14H2,(H,25,26)(H,28,29)/t16?,17-,18-,19-/m0/s1. The lowest BCUT2D eigenvalue weighted by atomic mass is 9.90. The third kappa shape index (κ3) is 5.56. The van der Waals surface area contributed by atoms with E-state index < -0.39 is 24.0 Å². The second kappa shape index (κ2) is 9.87. The first kappa shape index (κ1) is 21.3. The molecule has 7 heteroatoms. The molecular weight excluding hydrogens is 372 g/mol. The normalized spacial score (nSPS) is 25.7. The molecule has 0 radical (unpaired) electrons. The van der Waals surface area contributed by atoms with Crippen LogP contribution in [0.4, 0.5) is 0 Å². The van der Waals surface area contributed by atoms with E-state index in [1.165, 1.54) is 4.90 Å². The van der Waals surface area contributed by atoms with Crippen LogP contribution in [-0.2, 0) is 20.8 Å². The molecule has 1 amide bonds. The van der Waals surface area contributed by atoms with Crippen LogP contribution >= 0.6 is 0 Å². The second-order valence-corrected chi connectivity index (χ2v) is 8.18. The summed E-state index contributed by atoms with van der Waals surface area (Å²) in [6.07, 6.45) is 6.15. The number of aliphatic carboxylic acids is 2. The number of hydrogen-bond acceptors (Lipinski definition) is 4. The second-order valence-electron chi connectivity index (χ2n) is 8.18. The number of aryl methyl sites for hydroxylation is 1. The van der Waals surface area contributed by atoms with Crippen molar-refractivity contribution in [3.63, 3.8) is 0 Å². The van der Waals surface area contributed by atoms with Gasteiger partial charge in [0.15, 0.2) is 0 Å². The fourth-order valence-corrected chi connectivity index (χ4v) is 4.81. The van der Waals surface area contributed by atoms with E-state index in [-0.39, 0.29) is 18.5 Å². The first-order valence-corrected chi connectivity index (χ1v) is 10.5. The van der Waals surface area contributed by atoms with E-state index >= 15 is 0 Å². The maximum Gasteiger partial charge on any atom is 0.323 e. The monoisotopic (exact) mass is 402 g/mol. The van der Waals surface area contributed by atoms with Crippen molar-refractivity contribution < 1.29 is 24.6 Å². The van der Waals surface area contributed by atoms with Crippen molar-refractivity contribution in [3.8, 4) is 0 Å². The molecule has 1 heterocycles. The molecule has 0 aromatic heterocycles. The molecule has 3 N–H and O–H groups in total. The average Bonchev–Trinajstić information content (AvgIpc) is 3.14. The van der Waals surface area contributed by atoms with E-state index in [4.69, 9.17) is 0 Å². The number of carbonyl (C=O) groups is 3. The molecule has 1 aromatic carbocycles. The molecule has 1 aliphatic carbocycles. The number of benzene rings is 1. The van der Waals surface area contributed by atoms with Gasteiger partial charge >= 0.3 is 11.9 Å². The Morgan fingerprint density at radius 3 is 2.41 bits per heavy atom. The molecule has 1 aliphatic heterocycles. The molecule has 0 bridgehead atoms. The summed E-state index contributed by atoms with van der Waals surface area (Å²) in [6.45, 7) is -0.320. The number of hydrogen-bond donors (Lipinski definition) is 3. The highest BCUT2D eigenvalue weighted by Crippen LogP contribution is 2.35. The van der Waals surface area contributed by atoms with Gasteiger partial charge in [0.1, 0.15) is 12.6 Å². The largest absolute Gasteiger partial charge is 0.480 e. The van der Waals surface area contributed by atoms with Gasteiger partial charge in [-0.05, 0) is 50.0 Å². The lowest BCUT2D eigenvalue weighted by Gasteiger charge is -2.38. The maximum absolute atomic E-state index is 13.2. The highest BCUT2D eigenvalue weighted by molar-refractivity contribution is 5.86. The zero-order chi connectivity index (χ0) is 20.8. The Morgan fingerprint density at radius 2 is 1.76 bits per heavy atom. The van der Waals surface area contributed by atoms with Gasteiger partial charge in [0.25, 0.3) is 0 Å². The maximum atomic E-state index is 13.2. The van der Waals surface area contributed by atoms with Crippen molar-refractivity contribution >= 4 is 17.8 Å². The number of fused-ring (bicyclic) bond motifs is 1. The summed E-state index contributed by atoms with van der Waals surface area (Å²) in [6, 6.07) is 8.09. The Morgan fingerprint density at radius 1 is 1.07 bits per heavy atom. The van der Waals surface area contributed by atoms with E-state index in [0.717, 1.165) is 37.7 Å². The summed E-state index contributed by atoms with van der Waals surface area (Å²) in [5.74, 6) is -1.93. The number of rotatable bonds is 8. The molecule has 0 spiro atoms. The van der Waals surface area contributed by atoms with Crippen LogP contribution in [0.1, 0.15) is 50.5 Å². The average molecular weight is 402 g/mol. The van der Waals surface area contributed by atoms with Crippen LogP contribution in [-0.4, -0.2) is 57.6 Å². The minimum Gasteiger partial charge on any atom is -0.480 e. The molecule has 29 heavy (non-hydrogen) atoms. The molecule has 7 nitrogen and oxygen atoms in total. The highest BCUT2D eigenvalue weighted by atomic mass is 16.4. The molecule has 4 atom stereocenters. The Balaban J connectivity index is 1.71. The molecule has 2 aliphatic rings. The Bertz CT molecular complexity index is 723. The van der Waals surface area contributed by atoms with Crippen LogP contribution in [0.15, 0.2) is 30.3 Å². The first-order chi connectivity index (χ1) is 14.0. The van der Waals surface area contributed by atoms with Crippen LogP contribution in [0, 0.1) is 5.92 Å². The molecule has 158 valence electrons. The van der Waals surface area contributed by atoms with Crippen molar-refractivity contribution in [2.75, 3.05) is 6.54 Å². The van der Waals surface area contributed by atoms with E-state index in [0.29, 0.717) is 25.2 Å². The summed E-state index contributed by atoms with van der Waals surface area (Å²) in [5, 5.41) is 22.0. The van der Waals surface area contributed by atoms with Crippen molar-refractivity contribution in [2.24, 2.45) is 5.92 Å². The van der Waals surface area contributed by atoms with E-state index in [2.05, 4.69) is 5.32 Å². The topological polar surface area (TPSA) is 107 Å². The number of carboxylic acid groups (broad SMARTS) is 2. The molecule has 2 fully saturated rings. The molecular formula is C22H30N2O5. The fourth-order valence-electron chi connectivity index (χ4n) is 4.81. The van der Waals surface area contributed by atoms with Crippen LogP contribution in [0.5, 0.6) is 0 Å². The van der Waals surface area contributed by atoms with Crippen LogP contribution in [0.3, 0.4) is 0 Å². The summed E-state index contributed by atoms with van der Waals surface area (Å²) < 4.78 is 0. The Hall–Kier alpha value is -2.41. The number of carbonyl (C=O) groups excluding carboxylic acids is 1. The van der Waals surface area contributed by atoms with E-state index in [1.807, 2.05) is 30.3 Å². The number of nitrogens with one attached hydrogen (secondary N) is 1. The van der Waals surface area contributed by atoms with Gasteiger partial charge in [-0.15, -0.1) is 0 Å². The van der Waals surface area contributed by atoms with Gasteiger partial charge in [-0.2, -0.15) is 0 Å². The van der Waals surface area contributed by atoms with Gasteiger partial charge in [-0.1, -0.05) is 43.2 Å². The number of nitrogens with zero attached hydrogens (tertiary/aromatic N) is 1. The van der Waals surface area contributed by atoms with Gasteiger partial charge in [-0.3, -0.25) is 19.7 Å². The van der Waals surface area contributed by atoms with Crippen molar-refractivity contribution in [1.29, 1.82) is 0 Å². The number of likely N-dealkylation sites (tertiary alicyclic amines) is 1. The summed E-state index contributed by atoms with van der Waals surface area (Å²) in [5.41, 5.74) is 1.05. The lowest BCUT2D eigenvalue weighted by molar-refractivity contribution is -0.149. The Kier molecular flexibility index (Phi) is 7.25. The van der Waals surface area contributed by atoms with Crippen LogP contribution in [0.25, 0.3) is 0 Å². The molecule has 1 saturated heterocycles. The van der Waals surface area contributed by atoms with Crippen molar-refractivity contribution in [1.82, 2.24) is 10.2 Å². The molecule has 1 unspecified atom stereocenters. The zero-order valence-electron chi connectivity index (χ0n) is 16.6. The summed E-state index contributed by atoms with van der Waals surface area (Å²) in [7, 11) is 0. The van der Waals surface area contributed by atoms with Gasteiger partial charge < -0.3 is 15.1 Å². The van der Waals surface area contributed by atoms with Crippen molar-refractivity contribution in [2.45, 2.75) is 69.5 Å². The third-order valence-corrected chi connectivity index (χ3v) is 6.24. The summed E-state index contributed by atoms with van der Waals surface area (Å²) >= 11 is 0. The minimum absolute atomic E-state index is 0.0456. The Labute approximate surface area is 171 Å². The summed E-state index contributed by atoms with van der Waals surface area (Å²) in [4.78, 5) is 37.9. The van der Waals surface area contributed by atoms with Crippen LogP contribution in [0.2, 0.25) is 0 Å². The lowest BCUT2D eigenvalue weighted by Crippen LogP contribution is -2.57. The van der Waals surface area contributed by atoms with Gasteiger partial charge in [0, 0.05) is 6.04 Å². The predicted octanol–water partition coefficient (Wildman–Crippen LogP) is 2.30. The molecule has 1 saturated carbocycles. The van der Waals surface area contributed by atoms with Crippen molar-refractivity contribution in [3.05, 3.63) is 35.9 Å². The predicted molar refractivity (Wildman–Crippen MR) is 107 cm³/mol. The van der Waals surface area contributed by atoms with Gasteiger partial charge in [-0.25, -0.2) is 0 Å².